The number of nitrogens with one attached hydrogen (secondary N) is 1. The summed E-state index contributed by atoms with van der Waals surface area (Å²) in [5, 5.41) is 7.73. The first-order valence-corrected chi connectivity index (χ1v) is 7.93. The monoisotopic (exact) mass is 297 g/mol. The summed E-state index contributed by atoms with van der Waals surface area (Å²) in [7, 11) is 3.41. The highest BCUT2D eigenvalue weighted by Gasteiger charge is 2.07. The summed E-state index contributed by atoms with van der Waals surface area (Å²) in [6.07, 6.45) is 0.113. The van der Waals surface area contributed by atoms with Crippen LogP contribution in [0.2, 0.25) is 0 Å². The van der Waals surface area contributed by atoms with E-state index in [4.69, 9.17) is 9.47 Å². The quantitative estimate of drug-likeness (QED) is 0.811. The van der Waals surface area contributed by atoms with E-state index in [1.807, 2.05) is 0 Å². The zero-order valence-corrected chi connectivity index (χ0v) is 12.9. The predicted molar refractivity (Wildman–Crippen MR) is 82.0 cm³/mol. The van der Waals surface area contributed by atoms with Crippen molar-refractivity contribution in [3.8, 4) is 10.4 Å². The molecule has 0 saturated carbocycles. The van der Waals surface area contributed by atoms with E-state index < -0.39 is 0 Å². The minimum absolute atomic E-state index is 0.113. The maximum atomic E-state index is 5.31. The summed E-state index contributed by atoms with van der Waals surface area (Å²) in [5.41, 5.74) is 1.32. The van der Waals surface area contributed by atoms with Gasteiger partial charge in [-0.15, -0.1) is 22.7 Å². The van der Waals surface area contributed by atoms with Crippen LogP contribution in [0.25, 0.3) is 10.4 Å². The van der Waals surface area contributed by atoms with Gasteiger partial charge in [0.05, 0.1) is 12.7 Å². The van der Waals surface area contributed by atoms with Crippen molar-refractivity contribution in [2.45, 2.75) is 12.6 Å². The molecule has 0 bridgehead atoms. The van der Waals surface area contributed by atoms with Crippen LogP contribution in [-0.4, -0.2) is 33.5 Å². The molecule has 104 valence electrons. The van der Waals surface area contributed by atoms with Gasteiger partial charge in [0, 0.05) is 42.6 Å². The Labute approximate surface area is 122 Å². The molecule has 19 heavy (non-hydrogen) atoms. The van der Waals surface area contributed by atoms with E-state index in [9.17, 15) is 0 Å². The first-order chi connectivity index (χ1) is 9.33. The molecule has 5 heteroatoms. The minimum atomic E-state index is 0.113. The molecule has 0 aromatic carbocycles. The Balaban J connectivity index is 1.80. The van der Waals surface area contributed by atoms with Gasteiger partial charge >= 0.3 is 0 Å². The van der Waals surface area contributed by atoms with Crippen molar-refractivity contribution in [1.82, 2.24) is 5.32 Å². The summed E-state index contributed by atoms with van der Waals surface area (Å²) >= 11 is 3.57. The van der Waals surface area contributed by atoms with E-state index in [1.165, 1.54) is 15.3 Å². The molecule has 2 aromatic heterocycles. The lowest BCUT2D eigenvalue weighted by atomic mass is 10.2. The number of rotatable bonds is 8. The second-order valence-corrected chi connectivity index (χ2v) is 6.17. The summed E-state index contributed by atoms with van der Waals surface area (Å²) in [6, 6.07) is 6.49. The molecule has 0 amide bonds. The summed E-state index contributed by atoms with van der Waals surface area (Å²) in [5.74, 6) is 0. The molecule has 0 aliphatic rings. The third-order valence-corrected chi connectivity index (χ3v) is 4.67. The van der Waals surface area contributed by atoms with E-state index in [2.05, 4.69) is 34.3 Å². The zero-order valence-electron chi connectivity index (χ0n) is 11.2. The van der Waals surface area contributed by atoms with E-state index in [-0.39, 0.29) is 6.10 Å². The number of hydrogen-bond donors (Lipinski definition) is 1. The van der Waals surface area contributed by atoms with Crippen molar-refractivity contribution in [1.29, 1.82) is 0 Å². The third-order valence-electron chi connectivity index (χ3n) is 2.82. The highest BCUT2D eigenvalue weighted by Crippen LogP contribution is 2.29. The standard InChI is InChI=1S/C14H19NO2S2/c1-16-9-12(17-2)7-15-8-13-6-11(10-19-13)14-4-3-5-18-14/h3-6,10,12,15H,7-9H2,1-2H3. The maximum Gasteiger partial charge on any atom is 0.0928 e. The smallest absolute Gasteiger partial charge is 0.0928 e. The molecular weight excluding hydrogens is 278 g/mol. The van der Waals surface area contributed by atoms with Gasteiger partial charge in [-0.1, -0.05) is 6.07 Å². The number of hydrogen-bond acceptors (Lipinski definition) is 5. The SMILES string of the molecule is COCC(CNCc1cc(-c2cccs2)cs1)OC. The molecule has 2 aromatic rings. The average molecular weight is 297 g/mol. The fourth-order valence-electron chi connectivity index (χ4n) is 1.80. The fourth-order valence-corrected chi connectivity index (χ4v) is 3.44. The molecule has 2 rings (SSSR count). The van der Waals surface area contributed by atoms with Crippen LogP contribution in [0.3, 0.4) is 0 Å². The largest absolute Gasteiger partial charge is 0.382 e. The summed E-state index contributed by atoms with van der Waals surface area (Å²) in [4.78, 5) is 2.67. The Morgan fingerprint density at radius 1 is 1.32 bits per heavy atom. The van der Waals surface area contributed by atoms with Crippen molar-refractivity contribution in [3.05, 3.63) is 33.8 Å². The van der Waals surface area contributed by atoms with E-state index in [0.717, 1.165) is 13.1 Å². The molecule has 0 aliphatic carbocycles. The van der Waals surface area contributed by atoms with Crippen LogP contribution in [0, 0.1) is 0 Å². The molecule has 1 atom stereocenters. The Morgan fingerprint density at radius 2 is 2.21 bits per heavy atom. The van der Waals surface area contributed by atoms with Gasteiger partial charge in [0.2, 0.25) is 0 Å². The van der Waals surface area contributed by atoms with E-state index in [0.29, 0.717) is 6.61 Å². The van der Waals surface area contributed by atoms with Crippen LogP contribution in [0.15, 0.2) is 29.0 Å². The van der Waals surface area contributed by atoms with Gasteiger partial charge in [0.1, 0.15) is 0 Å². The molecule has 1 unspecified atom stereocenters. The van der Waals surface area contributed by atoms with Gasteiger partial charge in [-0.25, -0.2) is 0 Å². The Morgan fingerprint density at radius 3 is 2.89 bits per heavy atom. The normalized spacial score (nSPS) is 12.7. The van der Waals surface area contributed by atoms with Crippen molar-refractivity contribution < 1.29 is 9.47 Å². The Hall–Kier alpha value is -0.720. The zero-order chi connectivity index (χ0) is 13.5. The lowest BCUT2D eigenvalue weighted by Crippen LogP contribution is -2.31. The first-order valence-electron chi connectivity index (χ1n) is 6.17. The molecule has 0 aliphatic heterocycles. The third kappa shape index (κ3) is 4.40. The molecule has 0 spiro atoms. The number of methoxy groups -OCH3 is 2. The van der Waals surface area contributed by atoms with Gasteiger partial charge in [-0.3, -0.25) is 0 Å². The molecule has 0 radical (unpaired) electrons. The highest BCUT2D eigenvalue weighted by molar-refractivity contribution is 7.14. The lowest BCUT2D eigenvalue weighted by Gasteiger charge is -2.14. The fraction of sp³-hybridized carbons (Fsp3) is 0.429. The van der Waals surface area contributed by atoms with Gasteiger partial charge in [0.15, 0.2) is 0 Å². The molecule has 1 N–H and O–H groups in total. The van der Waals surface area contributed by atoms with Crippen molar-refractivity contribution in [3.63, 3.8) is 0 Å². The van der Waals surface area contributed by atoms with Crippen LogP contribution in [-0.2, 0) is 16.0 Å². The van der Waals surface area contributed by atoms with Gasteiger partial charge in [-0.2, -0.15) is 0 Å². The van der Waals surface area contributed by atoms with Gasteiger partial charge in [0.25, 0.3) is 0 Å². The Bertz CT molecular complexity index is 468. The highest BCUT2D eigenvalue weighted by atomic mass is 32.1. The second-order valence-electron chi connectivity index (χ2n) is 4.22. The molecular formula is C14H19NO2S2. The lowest BCUT2D eigenvalue weighted by molar-refractivity contribution is 0.0288. The predicted octanol–water partition coefficient (Wildman–Crippen LogP) is 3.23. The summed E-state index contributed by atoms with van der Waals surface area (Å²) < 4.78 is 10.4. The Kier molecular flexibility index (Phi) is 6.00. The maximum absolute atomic E-state index is 5.31. The minimum Gasteiger partial charge on any atom is -0.382 e. The molecule has 2 heterocycles. The molecule has 0 fully saturated rings. The molecule has 3 nitrogen and oxygen atoms in total. The van der Waals surface area contributed by atoms with Crippen LogP contribution >= 0.6 is 22.7 Å². The number of thiophene rings is 2. The number of ether oxygens (including phenoxy) is 2. The van der Waals surface area contributed by atoms with E-state index >= 15 is 0 Å². The van der Waals surface area contributed by atoms with Gasteiger partial charge < -0.3 is 14.8 Å². The first kappa shape index (κ1) is 14.7. The molecule has 0 saturated heterocycles. The van der Waals surface area contributed by atoms with Crippen LogP contribution in [0.4, 0.5) is 0 Å². The van der Waals surface area contributed by atoms with Crippen molar-refractivity contribution >= 4 is 22.7 Å². The summed E-state index contributed by atoms with van der Waals surface area (Å²) in [6.45, 7) is 2.30. The van der Waals surface area contributed by atoms with Crippen LogP contribution in [0.1, 0.15) is 4.88 Å². The van der Waals surface area contributed by atoms with Gasteiger partial charge in [-0.05, 0) is 22.9 Å². The van der Waals surface area contributed by atoms with E-state index in [1.54, 1.807) is 36.9 Å². The van der Waals surface area contributed by atoms with Crippen molar-refractivity contribution in [2.24, 2.45) is 0 Å². The van der Waals surface area contributed by atoms with Crippen LogP contribution in [0.5, 0.6) is 0 Å². The van der Waals surface area contributed by atoms with Crippen molar-refractivity contribution in [2.75, 3.05) is 27.4 Å². The topological polar surface area (TPSA) is 30.5 Å². The second kappa shape index (κ2) is 7.77. The average Bonchev–Trinajstić information content (AvgIpc) is 3.08. The van der Waals surface area contributed by atoms with Crippen LogP contribution < -0.4 is 5.32 Å².